The van der Waals surface area contributed by atoms with E-state index in [1.165, 1.54) is 5.56 Å². The molecule has 30 heavy (non-hydrogen) atoms. The van der Waals surface area contributed by atoms with E-state index in [-0.39, 0.29) is 30.4 Å². The summed E-state index contributed by atoms with van der Waals surface area (Å²) in [5.74, 6) is 0.782. The highest BCUT2D eigenvalue weighted by Gasteiger charge is 2.52. The van der Waals surface area contributed by atoms with Gasteiger partial charge in [0.25, 0.3) is 5.91 Å². The molecule has 0 unspecified atom stereocenters. The first kappa shape index (κ1) is 20.4. The standard InChI is InChI=1S/C24H29N3O3/c25-22(28)15-26-13-20-14-27(23(29)16-30-21-9-5-2-6-10-21)18-24(20,17-26)12-11-19-7-3-1-4-8-19/h1-10,20H,11-18H2,(H2,25,28)/t20-,24+/m0/s1. The molecule has 0 aromatic heterocycles. The smallest absolute Gasteiger partial charge is 0.260 e. The molecule has 2 atom stereocenters. The normalized spacial score (nSPS) is 23.3. The van der Waals surface area contributed by atoms with E-state index in [0.29, 0.717) is 24.8 Å². The molecule has 0 radical (unpaired) electrons. The minimum absolute atomic E-state index is 0.00625. The lowest BCUT2D eigenvalue weighted by Gasteiger charge is -2.29. The van der Waals surface area contributed by atoms with E-state index >= 15 is 0 Å². The SMILES string of the molecule is NC(=O)CN1C[C@H]2CN(C(=O)COc3ccccc3)C[C@@]2(CCc2ccccc2)C1. The maximum Gasteiger partial charge on any atom is 0.260 e. The highest BCUT2D eigenvalue weighted by atomic mass is 16.5. The van der Waals surface area contributed by atoms with Gasteiger partial charge in [-0.25, -0.2) is 0 Å². The van der Waals surface area contributed by atoms with Gasteiger partial charge < -0.3 is 15.4 Å². The number of likely N-dealkylation sites (tertiary alicyclic amines) is 2. The number of ether oxygens (including phenoxy) is 1. The molecule has 2 heterocycles. The molecule has 2 aliphatic rings. The van der Waals surface area contributed by atoms with E-state index in [1.54, 1.807) is 0 Å². The second kappa shape index (κ2) is 8.88. The summed E-state index contributed by atoms with van der Waals surface area (Å²) in [5.41, 5.74) is 6.74. The van der Waals surface area contributed by atoms with Crippen LogP contribution in [-0.2, 0) is 16.0 Å². The predicted molar refractivity (Wildman–Crippen MR) is 115 cm³/mol. The van der Waals surface area contributed by atoms with E-state index in [0.717, 1.165) is 25.9 Å². The molecule has 0 saturated carbocycles. The third-order valence-electron chi connectivity index (χ3n) is 6.42. The van der Waals surface area contributed by atoms with E-state index in [2.05, 4.69) is 29.2 Å². The molecule has 6 nitrogen and oxygen atoms in total. The number of benzene rings is 2. The lowest BCUT2D eigenvalue weighted by Crippen LogP contribution is -2.40. The molecule has 6 heteroatoms. The van der Waals surface area contributed by atoms with Crippen molar-refractivity contribution in [2.24, 2.45) is 17.1 Å². The van der Waals surface area contributed by atoms with Crippen LogP contribution in [-0.4, -0.2) is 60.9 Å². The summed E-state index contributed by atoms with van der Waals surface area (Å²) >= 11 is 0. The molecule has 2 aliphatic heterocycles. The Morgan fingerprint density at radius 2 is 1.70 bits per heavy atom. The number of amides is 2. The van der Waals surface area contributed by atoms with Crippen LogP contribution in [0.4, 0.5) is 0 Å². The van der Waals surface area contributed by atoms with Crippen LogP contribution in [0.1, 0.15) is 12.0 Å². The van der Waals surface area contributed by atoms with Gasteiger partial charge in [-0.05, 0) is 36.5 Å². The Balaban J connectivity index is 1.42. The molecule has 0 bridgehead atoms. The summed E-state index contributed by atoms with van der Waals surface area (Å²) in [6, 6.07) is 19.9. The van der Waals surface area contributed by atoms with Gasteiger partial charge in [0, 0.05) is 31.6 Å². The number of carbonyl (C=O) groups is 2. The zero-order chi connectivity index (χ0) is 21.0. The highest BCUT2D eigenvalue weighted by Crippen LogP contribution is 2.45. The maximum absolute atomic E-state index is 12.8. The fourth-order valence-corrected chi connectivity index (χ4v) is 4.97. The van der Waals surface area contributed by atoms with Crippen molar-refractivity contribution in [2.75, 3.05) is 39.3 Å². The third-order valence-corrected chi connectivity index (χ3v) is 6.42. The number of aryl methyl sites for hydroxylation is 1. The van der Waals surface area contributed by atoms with Crippen LogP contribution in [0, 0.1) is 11.3 Å². The zero-order valence-corrected chi connectivity index (χ0v) is 17.2. The van der Waals surface area contributed by atoms with Gasteiger partial charge in [0.05, 0.1) is 6.54 Å². The topological polar surface area (TPSA) is 75.9 Å². The Hall–Kier alpha value is -2.86. The molecule has 2 aromatic rings. The van der Waals surface area contributed by atoms with Crippen LogP contribution in [0.25, 0.3) is 0 Å². The molecule has 2 amide bonds. The first-order valence-electron chi connectivity index (χ1n) is 10.5. The molecule has 0 aliphatic carbocycles. The van der Waals surface area contributed by atoms with Crippen LogP contribution >= 0.6 is 0 Å². The van der Waals surface area contributed by atoms with Crippen molar-refractivity contribution in [3.8, 4) is 5.75 Å². The van der Waals surface area contributed by atoms with Crippen LogP contribution in [0.5, 0.6) is 5.75 Å². The third kappa shape index (κ3) is 4.65. The number of hydrogen-bond donors (Lipinski definition) is 1. The van der Waals surface area contributed by atoms with Gasteiger partial charge in [0.1, 0.15) is 5.75 Å². The summed E-state index contributed by atoms with van der Waals surface area (Å²) in [4.78, 5) is 28.4. The molecule has 2 aromatic carbocycles. The molecular formula is C24H29N3O3. The van der Waals surface area contributed by atoms with Crippen molar-refractivity contribution < 1.29 is 14.3 Å². The highest BCUT2D eigenvalue weighted by molar-refractivity contribution is 5.78. The number of fused-ring (bicyclic) bond motifs is 1. The monoisotopic (exact) mass is 407 g/mol. The van der Waals surface area contributed by atoms with Crippen molar-refractivity contribution in [3.05, 3.63) is 66.2 Å². The fraction of sp³-hybridized carbons (Fsp3) is 0.417. The van der Waals surface area contributed by atoms with E-state index < -0.39 is 0 Å². The van der Waals surface area contributed by atoms with E-state index in [4.69, 9.17) is 10.5 Å². The zero-order valence-electron chi connectivity index (χ0n) is 17.2. The number of hydrogen-bond acceptors (Lipinski definition) is 4. The van der Waals surface area contributed by atoms with Crippen molar-refractivity contribution in [3.63, 3.8) is 0 Å². The lowest BCUT2D eigenvalue weighted by atomic mass is 9.76. The van der Waals surface area contributed by atoms with Crippen LogP contribution in [0.3, 0.4) is 0 Å². The summed E-state index contributed by atoms with van der Waals surface area (Å²) in [7, 11) is 0. The minimum Gasteiger partial charge on any atom is -0.484 e. The minimum atomic E-state index is -0.294. The van der Waals surface area contributed by atoms with Gasteiger partial charge in [-0.1, -0.05) is 48.5 Å². The number of rotatable bonds is 8. The van der Waals surface area contributed by atoms with Gasteiger partial charge in [-0.2, -0.15) is 0 Å². The molecule has 2 fully saturated rings. The van der Waals surface area contributed by atoms with Crippen molar-refractivity contribution in [1.82, 2.24) is 9.80 Å². The van der Waals surface area contributed by atoms with Gasteiger partial charge >= 0.3 is 0 Å². The lowest BCUT2D eigenvalue weighted by molar-refractivity contribution is -0.133. The quantitative estimate of drug-likeness (QED) is 0.726. The molecular weight excluding hydrogens is 378 g/mol. The Bertz CT molecular complexity index is 874. The Morgan fingerprint density at radius 3 is 2.40 bits per heavy atom. The van der Waals surface area contributed by atoms with E-state index in [9.17, 15) is 9.59 Å². The Labute approximate surface area is 177 Å². The average Bonchev–Trinajstić information content (AvgIpc) is 3.25. The summed E-state index contributed by atoms with van der Waals surface area (Å²) in [5, 5.41) is 0. The van der Waals surface area contributed by atoms with Crippen molar-refractivity contribution in [1.29, 1.82) is 0 Å². The average molecular weight is 408 g/mol. The summed E-state index contributed by atoms with van der Waals surface area (Å²) in [6.07, 6.45) is 1.95. The second-order valence-electron chi connectivity index (χ2n) is 8.56. The molecule has 0 spiro atoms. The Kier molecular flexibility index (Phi) is 6.04. The summed E-state index contributed by atoms with van der Waals surface area (Å²) < 4.78 is 5.68. The molecule has 2 saturated heterocycles. The van der Waals surface area contributed by atoms with E-state index in [1.807, 2.05) is 41.3 Å². The number of carbonyl (C=O) groups excluding carboxylic acids is 2. The number of para-hydroxylation sites is 1. The molecule has 158 valence electrons. The fourth-order valence-electron chi connectivity index (χ4n) is 4.97. The number of nitrogens with zero attached hydrogens (tertiary/aromatic N) is 2. The first-order valence-corrected chi connectivity index (χ1v) is 10.5. The summed E-state index contributed by atoms with van der Waals surface area (Å²) in [6.45, 7) is 3.36. The molecule has 2 N–H and O–H groups in total. The number of nitrogens with two attached hydrogens (primary N) is 1. The van der Waals surface area contributed by atoms with Crippen molar-refractivity contribution in [2.45, 2.75) is 12.8 Å². The van der Waals surface area contributed by atoms with Gasteiger partial charge in [-0.15, -0.1) is 0 Å². The second-order valence-corrected chi connectivity index (χ2v) is 8.56. The molecule has 4 rings (SSSR count). The first-order chi connectivity index (χ1) is 14.5. The van der Waals surface area contributed by atoms with Crippen molar-refractivity contribution >= 4 is 11.8 Å². The van der Waals surface area contributed by atoms with Gasteiger partial charge in [-0.3, -0.25) is 14.5 Å². The van der Waals surface area contributed by atoms with Crippen LogP contribution in [0.15, 0.2) is 60.7 Å². The Morgan fingerprint density at radius 1 is 1.00 bits per heavy atom. The maximum atomic E-state index is 12.8. The van der Waals surface area contributed by atoms with Crippen LogP contribution in [0.2, 0.25) is 0 Å². The number of primary amides is 1. The van der Waals surface area contributed by atoms with Gasteiger partial charge in [0.2, 0.25) is 5.91 Å². The van der Waals surface area contributed by atoms with Crippen LogP contribution < -0.4 is 10.5 Å². The van der Waals surface area contributed by atoms with Gasteiger partial charge in [0.15, 0.2) is 6.61 Å². The largest absolute Gasteiger partial charge is 0.484 e. The predicted octanol–water partition coefficient (Wildman–Crippen LogP) is 1.94.